The fraction of sp³-hybridized carbons (Fsp3) is 0.706. The third-order valence-electron chi connectivity index (χ3n) is 9.41. The number of nitrogens with zero attached hydrogens (tertiary/aromatic N) is 2. The van der Waals surface area contributed by atoms with Crippen LogP contribution in [0.25, 0.3) is 11.4 Å². The van der Waals surface area contributed by atoms with Crippen molar-refractivity contribution < 1.29 is 0 Å². The van der Waals surface area contributed by atoms with Gasteiger partial charge in [0.15, 0.2) is 5.82 Å². The predicted octanol–water partition coefficient (Wildman–Crippen LogP) is 10.3. The lowest BCUT2D eigenvalue weighted by Crippen LogP contribution is -2.15. The molecule has 0 unspecified atom stereocenters. The van der Waals surface area contributed by atoms with Crippen LogP contribution in [-0.4, -0.2) is 9.97 Å². The third kappa shape index (κ3) is 8.42. The number of benzene rings is 1. The standard InChI is InChI=1S/C34H52N2/c1-3-5-6-7-8-10-28-11-13-29(14-12-28)15-16-30-25-35-34(36-26-30)33-23-21-32(22-24-33)31-19-17-27(9-4-2)18-20-31/h21-29,31H,3-20H2,1-2H3/t27-,28-,29-,31-. The van der Waals surface area contributed by atoms with Gasteiger partial charge in [0.25, 0.3) is 0 Å². The average molecular weight is 489 g/mol. The Kier molecular flexibility index (Phi) is 11.3. The van der Waals surface area contributed by atoms with E-state index in [4.69, 9.17) is 9.97 Å². The molecular formula is C34H52N2. The Bertz CT molecular complexity index is 840. The lowest BCUT2D eigenvalue weighted by molar-refractivity contribution is 0.248. The summed E-state index contributed by atoms with van der Waals surface area (Å²) in [6, 6.07) is 9.15. The van der Waals surface area contributed by atoms with Crippen molar-refractivity contribution in [3.8, 4) is 11.4 Å². The van der Waals surface area contributed by atoms with E-state index < -0.39 is 0 Å². The van der Waals surface area contributed by atoms with Crippen molar-refractivity contribution in [2.45, 2.75) is 135 Å². The zero-order chi connectivity index (χ0) is 25.0. The highest BCUT2D eigenvalue weighted by Crippen LogP contribution is 2.38. The molecule has 0 atom stereocenters. The first-order valence-electron chi connectivity index (χ1n) is 15.7. The first kappa shape index (κ1) is 27.3. The summed E-state index contributed by atoms with van der Waals surface area (Å²) in [4.78, 5) is 9.48. The summed E-state index contributed by atoms with van der Waals surface area (Å²) in [7, 11) is 0. The van der Waals surface area contributed by atoms with Crippen molar-refractivity contribution in [1.82, 2.24) is 9.97 Å². The van der Waals surface area contributed by atoms with E-state index in [0.29, 0.717) is 0 Å². The van der Waals surface area contributed by atoms with E-state index >= 15 is 0 Å². The van der Waals surface area contributed by atoms with Crippen LogP contribution in [0.2, 0.25) is 0 Å². The van der Waals surface area contributed by atoms with Crippen LogP contribution in [-0.2, 0) is 6.42 Å². The number of rotatable bonds is 13. The fourth-order valence-corrected chi connectivity index (χ4v) is 6.95. The van der Waals surface area contributed by atoms with Gasteiger partial charge >= 0.3 is 0 Å². The van der Waals surface area contributed by atoms with Crippen molar-refractivity contribution in [2.24, 2.45) is 17.8 Å². The largest absolute Gasteiger partial charge is 0.236 e. The minimum atomic E-state index is 0.747. The summed E-state index contributed by atoms with van der Waals surface area (Å²) in [6.07, 6.45) is 29.3. The van der Waals surface area contributed by atoms with E-state index in [1.165, 1.54) is 120 Å². The molecule has 4 rings (SSSR count). The molecule has 198 valence electrons. The van der Waals surface area contributed by atoms with Crippen molar-refractivity contribution in [2.75, 3.05) is 0 Å². The number of hydrogen-bond donors (Lipinski definition) is 0. The Morgan fingerprint density at radius 1 is 0.611 bits per heavy atom. The number of aromatic nitrogens is 2. The molecule has 2 aromatic rings. The average Bonchev–Trinajstić information content (AvgIpc) is 2.93. The molecule has 0 radical (unpaired) electrons. The van der Waals surface area contributed by atoms with Gasteiger partial charge in [-0.25, -0.2) is 9.97 Å². The SMILES string of the molecule is CCCCCCC[C@H]1CC[C@H](CCc2cnc(-c3ccc([C@H]4CC[C@H](CCC)CC4)cc3)nc2)CC1. The van der Waals surface area contributed by atoms with E-state index in [-0.39, 0.29) is 0 Å². The van der Waals surface area contributed by atoms with Gasteiger partial charge in [0.1, 0.15) is 0 Å². The molecule has 0 saturated heterocycles. The van der Waals surface area contributed by atoms with Crippen molar-refractivity contribution in [3.63, 3.8) is 0 Å². The van der Waals surface area contributed by atoms with E-state index in [0.717, 1.165) is 41.5 Å². The van der Waals surface area contributed by atoms with Crippen molar-refractivity contribution in [3.05, 3.63) is 47.8 Å². The first-order chi connectivity index (χ1) is 17.7. The van der Waals surface area contributed by atoms with Crippen LogP contribution >= 0.6 is 0 Å². The van der Waals surface area contributed by atoms with Crippen LogP contribution < -0.4 is 0 Å². The van der Waals surface area contributed by atoms with E-state index in [2.05, 4.69) is 50.5 Å². The zero-order valence-corrected chi connectivity index (χ0v) is 23.4. The second kappa shape index (κ2) is 14.9. The normalized spacial score (nSPS) is 24.6. The highest BCUT2D eigenvalue weighted by molar-refractivity contribution is 5.55. The molecule has 0 N–H and O–H groups in total. The van der Waals surface area contributed by atoms with Gasteiger partial charge in [0.2, 0.25) is 0 Å². The topological polar surface area (TPSA) is 25.8 Å². The summed E-state index contributed by atoms with van der Waals surface area (Å²) in [5.41, 5.74) is 3.96. The van der Waals surface area contributed by atoms with E-state index in [1.807, 2.05) is 0 Å². The molecular weight excluding hydrogens is 436 g/mol. The summed E-state index contributed by atoms with van der Waals surface area (Å²) in [6.45, 7) is 4.63. The number of hydrogen-bond acceptors (Lipinski definition) is 2. The molecule has 2 saturated carbocycles. The third-order valence-corrected chi connectivity index (χ3v) is 9.41. The monoisotopic (exact) mass is 488 g/mol. The van der Waals surface area contributed by atoms with Crippen molar-refractivity contribution in [1.29, 1.82) is 0 Å². The second-order valence-electron chi connectivity index (χ2n) is 12.2. The molecule has 2 aliphatic rings. The van der Waals surface area contributed by atoms with Crippen molar-refractivity contribution >= 4 is 0 Å². The maximum Gasteiger partial charge on any atom is 0.159 e. The minimum Gasteiger partial charge on any atom is -0.236 e. The van der Waals surface area contributed by atoms with Crippen LogP contribution in [0.5, 0.6) is 0 Å². The molecule has 2 aliphatic carbocycles. The van der Waals surface area contributed by atoms with Gasteiger partial charge in [-0.3, -0.25) is 0 Å². The van der Waals surface area contributed by atoms with Gasteiger partial charge in [0.05, 0.1) is 0 Å². The molecule has 0 amide bonds. The molecule has 1 heterocycles. The number of unbranched alkanes of at least 4 members (excludes halogenated alkanes) is 4. The fourth-order valence-electron chi connectivity index (χ4n) is 6.95. The molecule has 2 nitrogen and oxygen atoms in total. The predicted molar refractivity (Wildman–Crippen MR) is 154 cm³/mol. The lowest BCUT2D eigenvalue weighted by atomic mass is 9.77. The molecule has 1 aromatic heterocycles. The Morgan fingerprint density at radius 3 is 1.83 bits per heavy atom. The Morgan fingerprint density at radius 2 is 1.19 bits per heavy atom. The smallest absolute Gasteiger partial charge is 0.159 e. The zero-order valence-electron chi connectivity index (χ0n) is 23.4. The van der Waals surface area contributed by atoms with Crippen LogP contribution in [0, 0.1) is 17.8 Å². The highest BCUT2D eigenvalue weighted by atomic mass is 14.9. The van der Waals surface area contributed by atoms with Crippen LogP contribution in [0.3, 0.4) is 0 Å². The maximum absolute atomic E-state index is 4.74. The molecule has 1 aromatic carbocycles. The highest BCUT2D eigenvalue weighted by Gasteiger charge is 2.22. The van der Waals surface area contributed by atoms with Crippen LogP contribution in [0.15, 0.2) is 36.7 Å². The van der Waals surface area contributed by atoms with E-state index in [1.54, 1.807) is 0 Å². The van der Waals surface area contributed by atoms with Gasteiger partial charge in [0, 0.05) is 18.0 Å². The van der Waals surface area contributed by atoms with Gasteiger partial charge in [-0.2, -0.15) is 0 Å². The van der Waals surface area contributed by atoms with Gasteiger partial charge < -0.3 is 0 Å². The second-order valence-corrected chi connectivity index (χ2v) is 12.2. The quantitative estimate of drug-likeness (QED) is 0.262. The Labute approximate surface area is 222 Å². The van der Waals surface area contributed by atoms with Gasteiger partial charge in [-0.1, -0.05) is 115 Å². The molecule has 2 heteroatoms. The molecule has 0 spiro atoms. The van der Waals surface area contributed by atoms with Crippen LogP contribution in [0.1, 0.15) is 140 Å². The van der Waals surface area contributed by atoms with Gasteiger partial charge in [-0.05, 0) is 73.3 Å². The Balaban J connectivity index is 1.17. The van der Waals surface area contributed by atoms with E-state index in [9.17, 15) is 0 Å². The summed E-state index contributed by atoms with van der Waals surface area (Å²) < 4.78 is 0. The lowest BCUT2D eigenvalue weighted by Gasteiger charge is -2.28. The summed E-state index contributed by atoms with van der Waals surface area (Å²) in [5, 5.41) is 0. The van der Waals surface area contributed by atoms with Gasteiger partial charge in [-0.15, -0.1) is 0 Å². The number of aryl methyl sites for hydroxylation is 1. The molecule has 2 fully saturated rings. The molecule has 36 heavy (non-hydrogen) atoms. The summed E-state index contributed by atoms with van der Waals surface area (Å²) >= 11 is 0. The first-order valence-corrected chi connectivity index (χ1v) is 15.7. The summed E-state index contributed by atoms with van der Waals surface area (Å²) in [5.74, 6) is 4.50. The maximum atomic E-state index is 4.74. The van der Waals surface area contributed by atoms with Crippen LogP contribution in [0.4, 0.5) is 0 Å². The minimum absolute atomic E-state index is 0.747. The Hall–Kier alpha value is -1.70. The molecule has 0 bridgehead atoms. The molecule has 0 aliphatic heterocycles.